The van der Waals surface area contributed by atoms with Crippen LogP contribution in [0.5, 0.6) is 0 Å². The summed E-state index contributed by atoms with van der Waals surface area (Å²) in [5.41, 5.74) is 51.0. The van der Waals surface area contributed by atoms with Crippen molar-refractivity contribution in [3.05, 3.63) is 0 Å². The number of guanidine groups is 1. The van der Waals surface area contributed by atoms with Gasteiger partial charge in [0.05, 0.1) is 6.04 Å². The van der Waals surface area contributed by atoms with Gasteiger partial charge in [0.25, 0.3) is 0 Å². The molecule has 0 aliphatic rings. The fourth-order valence-electron chi connectivity index (χ4n) is 12.0. The summed E-state index contributed by atoms with van der Waals surface area (Å²) in [6.07, 6.45) is -1.32. The Morgan fingerprint density at radius 2 is 0.496 bits per heavy atom. The molecule has 0 aromatic rings. The van der Waals surface area contributed by atoms with Crippen LogP contribution in [0.2, 0.25) is 0 Å². The van der Waals surface area contributed by atoms with Gasteiger partial charge < -0.3 is 136 Å². The fraction of sp³-hybridized carbons (Fsp3) is 0.747. The minimum atomic E-state index is -1.82. The van der Waals surface area contributed by atoms with E-state index in [1.807, 2.05) is 0 Å². The molecule has 14 atom stereocenters. The molecule has 44 nitrogen and oxygen atoms in total. The molecule has 678 valence electrons. The maximum absolute atomic E-state index is 14.6. The Bertz CT molecular complexity index is 3330. The van der Waals surface area contributed by atoms with Crippen molar-refractivity contribution in [1.82, 2.24) is 69.1 Å². The summed E-state index contributed by atoms with van der Waals surface area (Å²) in [7, 11) is 0. The molecule has 34 N–H and O–H groups in total. The van der Waals surface area contributed by atoms with Gasteiger partial charge in [-0.25, -0.2) is 4.79 Å². The summed E-state index contributed by atoms with van der Waals surface area (Å²) in [5.74, 6) is -20.0. The van der Waals surface area contributed by atoms with Crippen molar-refractivity contribution >= 4 is 112 Å². The lowest BCUT2D eigenvalue weighted by atomic mass is 10.00. The van der Waals surface area contributed by atoms with Crippen LogP contribution >= 0.6 is 0 Å². The number of carboxylic acid groups (broad SMARTS) is 3. The monoisotopic (exact) mass is 1700 g/mol. The normalized spacial score (nSPS) is 14.7. The van der Waals surface area contributed by atoms with Gasteiger partial charge >= 0.3 is 17.9 Å². The van der Waals surface area contributed by atoms with Gasteiger partial charge in [-0.2, -0.15) is 0 Å². The number of hydrogen-bond acceptors (Lipinski definition) is 24. The van der Waals surface area contributed by atoms with Crippen LogP contribution in [0.1, 0.15) is 222 Å². The first-order valence-corrected chi connectivity index (χ1v) is 40.7. The lowest BCUT2D eigenvalue weighted by molar-refractivity contribution is -0.142. The number of carboxylic acids is 3. The zero-order chi connectivity index (χ0) is 90.6. The third-order valence-electron chi connectivity index (χ3n) is 18.6. The molecule has 44 heteroatoms. The highest BCUT2D eigenvalue weighted by Gasteiger charge is 2.38. The minimum absolute atomic E-state index is 0.0216. The van der Waals surface area contributed by atoms with Crippen LogP contribution < -0.4 is 121 Å². The summed E-state index contributed by atoms with van der Waals surface area (Å²) in [6.45, 7) is 13.6. The van der Waals surface area contributed by atoms with Crippen LogP contribution in [0.15, 0.2) is 4.99 Å². The number of nitrogens with zero attached hydrogens (tertiary/aromatic N) is 1. The van der Waals surface area contributed by atoms with E-state index in [9.17, 15) is 102 Å². The molecular weight excluding hydrogens is 1560 g/mol. The highest BCUT2D eigenvalue weighted by atomic mass is 16.4. The number of aliphatic imine (C=N–C) groups is 1. The van der Waals surface area contributed by atoms with Gasteiger partial charge in [0.2, 0.25) is 88.6 Å². The number of aliphatic carboxylic acids is 3. The van der Waals surface area contributed by atoms with Crippen molar-refractivity contribution in [2.75, 3.05) is 32.7 Å². The molecular formula is C75H137N23O21. The molecule has 0 saturated carbocycles. The number of nitrogens with one attached hydrogen (secondary N) is 13. The zero-order valence-corrected chi connectivity index (χ0v) is 70.1. The van der Waals surface area contributed by atoms with Crippen molar-refractivity contribution in [3.8, 4) is 0 Å². The molecule has 0 radical (unpaired) electrons. The van der Waals surface area contributed by atoms with E-state index in [4.69, 9.17) is 51.6 Å². The number of nitrogens with two attached hydrogens (primary N) is 9. The zero-order valence-electron chi connectivity index (χ0n) is 70.1. The molecule has 0 heterocycles. The third-order valence-corrected chi connectivity index (χ3v) is 18.6. The van der Waals surface area contributed by atoms with Crippen LogP contribution in [-0.4, -0.2) is 245 Å². The quantitative estimate of drug-likeness (QED) is 0.0153. The summed E-state index contributed by atoms with van der Waals surface area (Å²) < 4.78 is 0. The molecule has 0 bridgehead atoms. The largest absolute Gasteiger partial charge is 0.481 e. The lowest BCUT2D eigenvalue weighted by Gasteiger charge is -2.29. The number of rotatable bonds is 66. The van der Waals surface area contributed by atoms with E-state index in [2.05, 4.69) is 74.1 Å². The Morgan fingerprint density at radius 1 is 0.269 bits per heavy atom. The second-order valence-corrected chi connectivity index (χ2v) is 30.8. The Kier molecular flexibility index (Phi) is 54.8. The minimum Gasteiger partial charge on any atom is -0.481 e. The van der Waals surface area contributed by atoms with Gasteiger partial charge in [-0.1, -0.05) is 48.0 Å². The number of amides is 15. The maximum Gasteiger partial charge on any atom is 0.326 e. The Labute approximate surface area is 694 Å². The number of primary amides is 2. The van der Waals surface area contributed by atoms with Crippen LogP contribution in [0.4, 0.5) is 0 Å². The Morgan fingerprint density at radius 3 is 0.765 bits per heavy atom. The lowest BCUT2D eigenvalue weighted by Crippen LogP contribution is -2.61. The molecule has 0 fully saturated rings. The molecule has 0 spiro atoms. The standard InChI is InChI=1S/C75H137N23O21/c1-40(2)37-54(72(116)94-50(24-28-57(81)99)65(109)87-44(8)62(106)98-56(74(118)119)39-42(5)6)97-71(115)53(27-31-60(103)104)93-68(112)49(22-12-17-35-79)92-69(113)52(26-30-59(101)102)95-73(117)55(38-41(3)4)96-70(114)51(25-29-58(82)100)88-61(105)43(7)86-64(108)46(23-13-18-36-85-75(83)84)90-67(111)48(21-11-16-34-78)91-66(110)47(20-10-15-33-77)89-63(107)45(80)19-9-14-32-76/h40-56H,9-39,76-80H2,1-8H3,(H2,81,99)(H2,82,100)(H,86,108)(H,87,109)(H,88,105)(H,89,107)(H,90,111)(H,91,110)(H,92,113)(H,93,112)(H,94,116)(H,95,117)(H,96,114)(H,97,115)(H,98,106)(H,101,102)(H,103,104)(H,118,119)(H4,83,84,85)/t43-,44-,45-,46-,47-,48-,49-,50-,51-,52-,53-,54-,55-,56-/m0/s1. The summed E-state index contributed by atoms with van der Waals surface area (Å²) >= 11 is 0. The van der Waals surface area contributed by atoms with Crippen molar-refractivity contribution < 1.29 is 102 Å². The van der Waals surface area contributed by atoms with Gasteiger partial charge in [-0.05, 0) is 193 Å². The van der Waals surface area contributed by atoms with E-state index in [0.717, 1.165) is 0 Å². The molecule has 0 aliphatic heterocycles. The fourth-order valence-corrected chi connectivity index (χ4v) is 12.0. The maximum atomic E-state index is 14.6. The van der Waals surface area contributed by atoms with E-state index in [0.29, 0.717) is 51.5 Å². The first-order chi connectivity index (χ1) is 55.9. The summed E-state index contributed by atoms with van der Waals surface area (Å²) in [4.78, 5) is 248. The van der Waals surface area contributed by atoms with E-state index >= 15 is 0 Å². The van der Waals surface area contributed by atoms with Gasteiger partial charge in [0, 0.05) is 32.2 Å². The van der Waals surface area contributed by atoms with Gasteiger partial charge in [-0.3, -0.25) is 86.5 Å². The molecule has 15 amide bonds. The third kappa shape index (κ3) is 48.3. The molecule has 0 unspecified atom stereocenters. The topological polar surface area (TPSA) is 771 Å². The van der Waals surface area contributed by atoms with E-state index in [1.165, 1.54) is 13.8 Å². The second-order valence-electron chi connectivity index (χ2n) is 30.8. The van der Waals surface area contributed by atoms with Crippen LogP contribution in [-0.2, 0) is 86.3 Å². The van der Waals surface area contributed by atoms with Crippen molar-refractivity contribution in [2.24, 2.45) is 74.3 Å². The highest BCUT2D eigenvalue weighted by Crippen LogP contribution is 2.16. The Balaban J connectivity index is 7.33. The molecule has 0 rings (SSSR count). The smallest absolute Gasteiger partial charge is 0.326 e. The van der Waals surface area contributed by atoms with E-state index in [-0.39, 0.29) is 109 Å². The van der Waals surface area contributed by atoms with Gasteiger partial charge in [-0.15, -0.1) is 0 Å². The molecule has 119 heavy (non-hydrogen) atoms. The van der Waals surface area contributed by atoms with Crippen molar-refractivity contribution in [1.29, 1.82) is 0 Å². The van der Waals surface area contributed by atoms with Gasteiger partial charge in [0.15, 0.2) is 5.96 Å². The molecule has 0 saturated heterocycles. The van der Waals surface area contributed by atoms with Crippen LogP contribution in [0.25, 0.3) is 0 Å². The van der Waals surface area contributed by atoms with Crippen LogP contribution in [0.3, 0.4) is 0 Å². The SMILES string of the molecule is CC(C)C[C@H](NC(=O)[C@H](C)NC(=O)[C@H](CCC(N)=O)NC(=O)[C@H](CC(C)C)NC(=O)[C@H](CCC(=O)O)NC(=O)[C@H](CCCCN)NC(=O)[C@H](CCC(=O)O)NC(=O)[C@H](CC(C)C)NC(=O)[C@H](CCC(N)=O)NC(=O)[C@H](C)NC(=O)[C@H](CCCCN=C(N)N)NC(=O)[C@H](CCCCN)NC(=O)[C@H](CCCCN)NC(=O)[C@@H](N)CCCCN)C(=O)O. The Hall–Kier alpha value is -10.5. The highest BCUT2D eigenvalue weighted by molar-refractivity contribution is 6.00. The average Bonchev–Trinajstić information content (AvgIpc) is 1.04. The molecule has 0 aromatic carbocycles. The average molecular weight is 1700 g/mol. The van der Waals surface area contributed by atoms with E-state index < -0.39 is 254 Å². The first kappa shape index (κ1) is 109. The van der Waals surface area contributed by atoms with Crippen molar-refractivity contribution in [2.45, 2.75) is 307 Å². The van der Waals surface area contributed by atoms with E-state index in [1.54, 1.807) is 41.5 Å². The summed E-state index contributed by atoms with van der Waals surface area (Å²) in [6, 6.07) is -20.8. The molecule has 0 aliphatic carbocycles. The predicted molar refractivity (Wildman–Crippen MR) is 437 cm³/mol. The number of unbranched alkanes of at least 4 members (excludes halogenated alkanes) is 5. The molecule has 0 aromatic heterocycles. The number of carbonyl (C=O) groups excluding carboxylic acids is 15. The second kappa shape index (κ2) is 60.1. The number of hydrogen-bond donors (Lipinski definition) is 25. The predicted octanol–water partition coefficient (Wildman–Crippen LogP) is -5.90. The number of carbonyl (C=O) groups is 18. The van der Waals surface area contributed by atoms with Crippen LogP contribution in [0, 0.1) is 17.8 Å². The first-order valence-electron chi connectivity index (χ1n) is 40.7. The van der Waals surface area contributed by atoms with Crippen molar-refractivity contribution in [3.63, 3.8) is 0 Å². The van der Waals surface area contributed by atoms with Gasteiger partial charge in [0.1, 0.15) is 78.5 Å². The summed E-state index contributed by atoms with van der Waals surface area (Å²) in [5, 5.41) is 61.8.